The molecule has 1 aromatic carbocycles. The van der Waals surface area contributed by atoms with Crippen molar-refractivity contribution < 1.29 is 0 Å². The summed E-state index contributed by atoms with van der Waals surface area (Å²) >= 11 is 0. The smallest absolute Gasteiger partial charge is 0.0729 e. The van der Waals surface area contributed by atoms with Crippen LogP contribution in [-0.4, -0.2) is 40.9 Å². The van der Waals surface area contributed by atoms with E-state index in [0.29, 0.717) is 6.04 Å². The van der Waals surface area contributed by atoms with Crippen LogP contribution in [0, 0.1) is 0 Å². The Bertz CT molecular complexity index is 520. The molecule has 1 aliphatic heterocycles. The number of nitrogens with zero attached hydrogens (tertiary/aromatic N) is 3. The van der Waals surface area contributed by atoms with Crippen LogP contribution in [-0.2, 0) is 6.54 Å². The Kier molecular flexibility index (Phi) is 3.51. The van der Waals surface area contributed by atoms with Crippen LogP contribution < -0.4 is 5.32 Å². The molecule has 19 heavy (non-hydrogen) atoms. The van der Waals surface area contributed by atoms with Crippen molar-refractivity contribution in [1.82, 2.24) is 14.7 Å². The van der Waals surface area contributed by atoms with Crippen molar-refractivity contribution in [1.29, 1.82) is 0 Å². The Morgan fingerprint density at radius 1 is 1.32 bits per heavy atom. The SMILES string of the molecule is CN1CCC(Nc2cnn(Cc3ccccc3)c2)C1. The number of nitrogens with one attached hydrogen (secondary N) is 1. The van der Waals surface area contributed by atoms with Gasteiger partial charge in [-0.1, -0.05) is 30.3 Å². The van der Waals surface area contributed by atoms with Crippen molar-refractivity contribution in [3.63, 3.8) is 0 Å². The average Bonchev–Trinajstić information content (AvgIpc) is 3.01. The van der Waals surface area contributed by atoms with Crippen LogP contribution in [0.4, 0.5) is 5.69 Å². The van der Waals surface area contributed by atoms with Crippen LogP contribution in [0.5, 0.6) is 0 Å². The first-order valence-electron chi connectivity index (χ1n) is 6.81. The Hall–Kier alpha value is -1.81. The zero-order valence-corrected chi connectivity index (χ0v) is 11.3. The second-order valence-electron chi connectivity index (χ2n) is 5.30. The molecule has 1 N–H and O–H groups in total. The third kappa shape index (κ3) is 3.15. The van der Waals surface area contributed by atoms with Crippen molar-refractivity contribution in [2.24, 2.45) is 0 Å². The quantitative estimate of drug-likeness (QED) is 0.909. The topological polar surface area (TPSA) is 33.1 Å². The van der Waals surface area contributed by atoms with Crippen molar-refractivity contribution in [3.8, 4) is 0 Å². The molecule has 1 fully saturated rings. The minimum atomic E-state index is 0.555. The van der Waals surface area contributed by atoms with E-state index in [2.05, 4.69) is 52.8 Å². The van der Waals surface area contributed by atoms with Gasteiger partial charge in [0.2, 0.25) is 0 Å². The van der Waals surface area contributed by atoms with Gasteiger partial charge in [0, 0.05) is 18.8 Å². The van der Waals surface area contributed by atoms with Gasteiger partial charge in [-0.15, -0.1) is 0 Å². The Morgan fingerprint density at radius 2 is 2.16 bits per heavy atom. The Labute approximate surface area is 114 Å². The number of hydrogen-bond acceptors (Lipinski definition) is 3. The monoisotopic (exact) mass is 256 g/mol. The molecule has 0 radical (unpaired) electrons. The summed E-state index contributed by atoms with van der Waals surface area (Å²) in [5, 5.41) is 7.97. The van der Waals surface area contributed by atoms with Gasteiger partial charge in [-0.05, 0) is 25.6 Å². The molecule has 0 spiro atoms. The highest BCUT2D eigenvalue weighted by molar-refractivity contribution is 5.40. The molecule has 1 aliphatic rings. The van der Waals surface area contributed by atoms with Crippen LogP contribution in [0.1, 0.15) is 12.0 Å². The van der Waals surface area contributed by atoms with Gasteiger partial charge < -0.3 is 10.2 Å². The zero-order valence-electron chi connectivity index (χ0n) is 11.3. The molecule has 100 valence electrons. The third-order valence-corrected chi connectivity index (χ3v) is 3.58. The molecule has 0 saturated carbocycles. The standard InChI is InChI=1S/C15H20N4/c1-18-8-7-14(11-18)17-15-9-16-19(12-15)10-13-5-3-2-4-6-13/h2-6,9,12,14,17H,7-8,10-11H2,1H3. The lowest BCUT2D eigenvalue weighted by molar-refractivity contribution is 0.414. The van der Waals surface area contributed by atoms with Gasteiger partial charge in [-0.2, -0.15) is 5.10 Å². The molecule has 3 rings (SSSR count). The molecule has 1 saturated heterocycles. The maximum Gasteiger partial charge on any atom is 0.0729 e. The highest BCUT2D eigenvalue weighted by Crippen LogP contribution is 2.14. The lowest BCUT2D eigenvalue weighted by atomic mass is 10.2. The first-order chi connectivity index (χ1) is 9.29. The average molecular weight is 256 g/mol. The van der Waals surface area contributed by atoms with Gasteiger partial charge in [0.1, 0.15) is 0 Å². The van der Waals surface area contributed by atoms with Crippen LogP contribution in [0.2, 0.25) is 0 Å². The Balaban J connectivity index is 1.60. The fraction of sp³-hybridized carbons (Fsp3) is 0.400. The summed E-state index contributed by atoms with van der Waals surface area (Å²) in [5.74, 6) is 0. The van der Waals surface area contributed by atoms with Gasteiger partial charge in [0.25, 0.3) is 0 Å². The summed E-state index contributed by atoms with van der Waals surface area (Å²) in [6.07, 6.45) is 5.22. The molecule has 0 bridgehead atoms. The molecule has 0 amide bonds. The predicted octanol–water partition coefficient (Wildman–Crippen LogP) is 2.05. The van der Waals surface area contributed by atoms with Crippen LogP contribution in [0.3, 0.4) is 0 Å². The van der Waals surface area contributed by atoms with E-state index in [9.17, 15) is 0 Å². The van der Waals surface area contributed by atoms with Gasteiger partial charge in [0.15, 0.2) is 0 Å². The molecule has 1 aromatic heterocycles. The van der Waals surface area contributed by atoms with E-state index < -0.39 is 0 Å². The summed E-state index contributed by atoms with van der Waals surface area (Å²) in [4.78, 5) is 2.35. The fourth-order valence-corrected chi connectivity index (χ4v) is 2.58. The van der Waals surface area contributed by atoms with E-state index in [1.54, 1.807) is 0 Å². The highest BCUT2D eigenvalue weighted by Gasteiger charge is 2.19. The maximum atomic E-state index is 4.41. The molecule has 1 atom stereocenters. The first kappa shape index (κ1) is 12.2. The van der Waals surface area contributed by atoms with Crippen LogP contribution in [0.15, 0.2) is 42.7 Å². The van der Waals surface area contributed by atoms with E-state index in [-0.39, 0.29) is 0 Å². The number of likely N-dealkylation sites (N-methyl/N-ethyl adjacent to an activating group) is 1. The van der Waals surface area contributed by atoms with Crippen molar-refractivity contribution in [2.45, 2.75) is 19.0 Å². The van der Waals surface area contributed by atoms with Crippen molar-refractivity contribution >= 4 is 5.69 Å². The lowest BCUT2D eigenvalue weighted by Gasteiger charge is -2.11. The second-order valence-corrected chi connectivity index (χ2v) is 5.30. The fourth-order valence-electron chi connectivity index (χ4n) is 2.58. The number of likely N-dealkylation sites (tertiary alicyclic amines) is 1. The Morgan fingerprint density at radius 3 is 2.89 bits per heavy atom. The van der Waals surface area contributed by atoms with E-state index in [4.69, 9.17) is 0 Å². The largest absolute Gasteiger partial charge is 0.378 e. The molecular formula is C15H20N4. The van der Waals surface area contributed by atoms with Crippen LogP contribution in [0.25, 0.3) is 0 Å². The lowest BCUT2D eigenvalue weighted by Crippen LogP contribution is -2.23. The second kappa shape index (κ2) is 5.45. The van der Waals surface area contributed by atoms with Gasteiger partial charge >= 0.3 is 0 Å². The number of aromatic nitrogens is 2. The number of hydrogen-bond donors (Lipinski definition) is 1. The maximum absolute atomic E-state index is 4.41. The summed E-state index contributed by atoms with van der Waals surface area (Å²) in [6, 6.07) is 11.0. The molecule has 2 heterocycles. The van der Waals surface area contributed by atoms with Gasteiger partial charge in [0.05, 0.1) is 18.4 Å². The van der Waals surface area contributed by atoms with Gasteiger partial charge in [-0.3, -0.25) is 4.68 Å². The number of anilines is 1. The summed E-state index contributed by atoms with van der Waals surface area (Å²) in [7, 11) is 2.17. The van der Waals surface area contributed by atoms with Crippen molar-refractivity contribution in [3.05, 3.63) is 48.3 Å². The molecule has 4 heteroatoms. The molecule has 0 aliphatic carbocycles. The van der Waals surface area contributed by atoms with E-state index in [0.717, 1.165) is 18.8 Å². The van der Waals surface area contributed by atoms with Crippen molar-refractivity contribution in [2.75, 3.05) is 25.5 Å². The predicted molar refractivity (Wildman–Crippen MR) is 77.3 cm³/mol. The van der Waals surface area contributed by atoms with E-state index in [1.165, 1.54) is 18.5 Å². The van der Waals surface area contributed by atoms with E-state index >= 15 is 0 Å². The number of benzene rings is 1. The van der Waals surface area contributed by atoms with Crippen LogP contribution >= 0.6 is 0 Å². The normalized spacial score (nSPS) is 19.7. The molecular weight excluding hydrogens is 236 g/mol. The third-order valence-electron chi connectivity index (χ3n) is 3.58. The van der Waals surface area contributed by atoms with E-state index in [1.807, 2.05) is 16.9 Å². The molecule has 1 unspecified atom stereocenters. The molecule has 2 aromatic rings. The number of rotatable bonds is 4. The summed E-state index contributed by atoms with van der Waals surface area (Å²) in [6.45, 7) is 3.12. The van der Waals surface area contributed by atoms with Gasteiger partial charge in [-0.25, -0.2) is 0 Å². The highest BCUT2D eigenvalue weighted by atomic mass is 15.3. The first-order valence-corrected chi connectivity index (χ1v) is 6.81. The molecule has 4 nitrogen and oxygen atoms in total. The summed E-state index contributed by atoms with van der Waals surface area (Å²) < 4.78 is 1.98. The zero-order chi connectivity index (χ0) is 13.1. The minimum absolute atomic E-state index is 0.555. The minimum Gasteiger partial charge on any atom is -0.378 e. The summed E-state index contributed by atoms with van der Waals surface area (Å²) in [5.41, 5.74) is 2.40.